The molecule has 6 heteroatoms. The molecular formula is C21H21FN2O2S. The first-order valence-electron chi connectivity index (χ1n) is 9.09. The van der Waals surface area contributed by atoms with Crippen molar-refractivity contribution in [1.82, 2.24) is 4.98 Å². The second-order valence-corrected chi connectivity index (χ2v) is 7.88. The number of carbonyl (C=O) groups excluding carboxylic acids is 1. The van der Waals surface area contributed by atoms with E-state index >= 15 is 0 Å². The summed E-state index contributed by atoms with van der Waals surface area (Å²) in [7, 11) is 0. The summed E-state index contributed by atoms with van der Waals surface area (Å²) >= 11 is 1.47. The van der Waals surface area contributed by atoms with Crippen LogP contribution in [0.4, 0.5) is 9.52 Å². The first-order valence-corrected chi connectivity index (χ1v) is 9.91. The molecule has 4 rings (SSSR count). The van der Waals surface area contributed by atoms with E-state index in [1.807, 2.05) is 19.9 Å². The third-order valence-electron chi connectivity index (χ3n) is 4.92. The quantitative estimate of drug-likeness (QED) is 0.644. The zero-order valence-electron chi connectivity index (χ0n) is 15.4. The van der Waals surface area contributed by atoms with Crippen molar-refractivity contribution in [2.45, 2.75) is 32.8 Å². The Kier molecular flexibility index (Phi) is 4.93. The number of aryl methyl sites for hydroxylation is 2. The largest absolute Gasteiger partial charge is 0.376 e. The molecule has 0 spiro atoms. The molecule has 0 radical (unpaired) electrons. The molecule has 1 aliphatic rings. The number of aromatic nitrogens is 1. The highest BCUT2D eigenvalue weighted by molar-refractivity contribution is 7.22. The maximum atomic E-state index is 14.3. The Morgan fingerprint density at radius 1 is 1.26 bits per heavy atom. The molecule has 4 nitrogen and oxygen atoms in total. The molecule has 27 heavy (non-hydrogen) atoms. The number of ether oxygens (including phenoxy) is 1. The van der Waals surface area contributed by atoms with Crippen LogP contribution < -0.4 is 4.90 Å². The molecule has 1 saturated heterocycles. The van der Waals surface area contributed by atoms with Crippen molar-refractivity contribution in [1.29, 1.82) is 0 Å². The van der Waals surface area contributed by atoms with Gasteiger partial charge >= 0.3 is 0 Å². The van der Waals surface area contributed by atoms with Gasteiger partial charge in [-0.15, -0.1) is 0 Å². The van der Waals surface area contributed by atoms with Crippen molar-refractivity contribution in [3.05, 3.63) is 58.9 Å². The Labute approximate surface area is 161 Å². The third kappa shape index (κ3) is 3.47. The van der Waals surface area contributed by atoms with Crippen LogP contribution >= 0.6 is 11.3 Å². The van der Waals surface area contributed by atoms with Gasteiger partial charge in [-0.05, 0) is 49.9 Å². The van der Waals surface area contributed by atoms with Crippen LogP contribution in [0.25, 0.3) is 10.2 Å². The zero-order valence-corrected chi connectivity index (χ0v) is 16.2. The van der Waals surface area contributed by atoms with Crippen LogP contribution in [0.5, 0.6) is 0 Å². The van der Waals surface area contributed by atoms with Crippen LogP contribution in [-0.2, 0) is 4.74 Å². The lowest BCUT2D eigenvalue weighted by Gasteiger charge is -2.23. The molecule has 0 N–H and O–H groups in total. The van der Waals surface area contributed by atoms with Crippen molar-refractivity contribution in [2.75, 3.05) is 18.1 Å². The molecule has 0 aliphatic carbocycles. The Morgan fingerprint density at radius 2 is 2.04 bits per heavy atom. The summed E-state index contributed by atoms with van der Waals surface area (Å²) in [5, 5.41) is 0.589. The summed E-state index contributed by atoms with van der Waals surface area (Å²) in [6.45, 7) is 5.12. The number of carbonyl (C=O) groups is 1. The predicted octanol–water partition coefficient (Wildman–Crippen LogP) is 4.88. The van der Waals surface area contributed by atoms with Gasteiger partial charge in [0.15, 0.2) is 5.13 Å². The minimum atomic E-state index is -0.520. The van der Waals surface area contributed by atoms with Gasteiger partial charge in [-0.3, -0.25) is 9.69 Å². The van der Waals surface area contributed by atoms with E-state index < -0.39 is 5.82 Å². The van der Waals surface area contributed by atoms with E-state index in [0.717, 1.165) is 34.2 Å². The van der Waals surface area contributed by atoms with Crippen molar-refractivity contribution >= 4 is 32.6 Å². The molecule has 1 aromatic heterocycles. The number of amides is 1. The fourth-order valence-corrected chi connectivity index (χ4v) is 4.50. The van der Waals surface area contributed by atoms with Gasteiger partial charge < -0.3 is 4.74 Å². The molecule has 2 heterocycles. The predicted molar refractivity (Wildman–Crippen MR) is 106 cm³/mol. The standard InChI is InChI=1S/C21H21FN2O2S/c1-13-9-10-14(2)19-18(13)23-21(27-19)24(12-15-6-5-11-26-15)20(25)16-7-3-4-8-17(16)22/h3-4,7-10,15H,5-6,11-12H2,1-2H3. The van der Waals surface area contributed by atoms with E-state index in [1.165, 1.54) is 23.5 Å². The lowest BCUT2D eigenvalue weighted by atomic mass is 10.1. The second-order valence-electron chi connectivity index (χ2n) is 6.90. The van der Waals surface area contributed by atoms with Gasteiger partial charge in [-0.1, -0.05) is 35.6 Å². The van der Waals surface area contributed by atoms with Crippen LogP contribution in [0.2, 0.25) is 0 Å². The average Bonchev–Trinajstić information content (AvgIpc) is 3.33. The van der Waals surface area contributed by atoms with Crippen LogP contribution in [0, 0.1) is 19.7 Å². The Hall–Kier alpha value is -2.31. The van der Waals surface area contributed by atoms with E-state index in [0.29, 0.717) is 18.3 Å². The third-order valence-corrected chi connectivity index (χ3v) is 6.14. The van der Waals surface area contributed by atoms with Gasteiger partial charge in [0.25, 0.3) is 5.91 Å². The summed E-state index contributed by atoms with van der Waals surface area (Å²) in [6, 6.07) is 10.2. The highest BCUT2D eigenvalue weighted by Crippen LogP contribution is 2.34. The Balaban J connectivity index is 1.78. The van der Waals surface area contributed by atoms with Crippen LogP contribution in [-0.4, -0.2) is 30.1 Å². The molecule has 1 atom stereocenters. The molecule has 2 aromatic carbocycles. The van der Waals surface area contributed by atoms with Gasteiger partial charge in [0.1, 0.15) is 5.82 Å². The number of halogens is 1. The topological polar surface area (TPSA) is 42.4 Å². The average molecular weight is 384 g/mol. The van der Waals surface area contributed by atoms with Crippen LogP contribution in [0.15, 0.2) is 36.4 Å². The monoisotopic (exact) mass is 384 g/mol. The van der Waals surface area contributed by atoms with Gasteiger partial charge in [0.2, 0.25) is 0 Å². The van der Waals surface area contributed by atoms with Crippen molar-refractivity contribution in [3.8, 4) is 0 Å². The summed E-state index contributed by atoms with van der Waals surface area (Å²) in [5.74, 6) is -0.897. The molecule has 0 bridgehead atoms. The lowest BCUT2D eigenvalue weighted by Crippen LogP contribution is -2.37. The molecule has 3 aromatic rings. The minimum absolute atomic E-state index is 0.0464. The van der Waals surface area contributed by atoms with E-state index in [1.54, 1.807) is 17.0 Å². The Bertz CT molecular complexity index is 956. The SMILES string of the molecule is Cc1ccc(C)c2sc(N(CC3CCCO3)C(=O)c3ccccc3F)nc12. The van der Waals surface area contributed by atoms with E-state index in [9.17, 15) is 9.18 Å². The van der Waals surface area contributed by atoms with E-state index in [2.05, 4.69) is 6.07 Å². The van der Waals surface area contributed by atoms with Gasteiger partial charge in [0, 0.05) is 6.61 Å². The zero-order chi connectivity index (χ0) is 19.0. The summed E-state index contributed by atoms with van der Waals surface area (Å²) < 4.78 is 21.1. The lowest BCUT2D eigenvalue weighted by molar-refractivity contribution is 0.0914. The first-order chi connectivity index (χ1) is 13.0. The number of benzene rings is 2. The number of nitrogens with zero attached hydrogens (tertiary/aromatic N) is 2. The number of thiazole rings is 1. The fourth-order valence-electron chi connectivity index (χ4n) is 3.38. The van der Waals surface area contributed by atoms with Gasteiger partial charge in [0.05, 0.1) is 28.4 Å². The maximum Gasteiger partial charge on any atom is 0.263 e. The molecule has 1 aliphatic heterocycles. The molecular weight excluding hydrogens is 363 g/mol. The molecule has 1 fully saturated rings. The van der Waals surface area contributed by atoms with Crippen LogP contribution in [0.3, 0.4) is 0 Å². The normalized spacial score (nSPS) is 16.8. The molecule has 140 valence electrons. The van der Waals surface area contributed by atoms with Crippen molar-refractivity contribution < 1.29 is 13.9 Å². The number of hydrogen-bond acceptors (Lipinski definition) is 4. The number of rotatable bonds is 4. The summed E-state index contributed by atoms with van der Waals surface area (Å²) in [5.41, 5.74) is 3.14. The Morgan fingerprint density at radius 3 is 2.74 bits per heavy atom. The smallest absolute Gasteiger partial charge is 0.263 e. The summed E-state index contributed by atoms with van der Waals surface area (Å²) in [6.07, 6.45) is 1.82. The van der Waals surface area contributed by atoms with Gasteiger partial charge in [-0.2, -0.15) is 0 Å². The minimum Gasteiger partial charge on any atom is -0.376 e. The maximum absolute atomic E-state index is 14.3. The number of hydrogen-bond donors (Lipinski definition) is 0. The fraction of sp³-hybridized carbons (Fsp3) is 0.333. The van der Waals surface area contributed by atoms with E-state index in [4.69, 9.17) is 9.72 Å². The van der Waals surface area contributed by atoms with Crippen molar-refractivity contribution in [3.63, 3.8) is 0 Å². The first kappa shape index (κ1) is 18.1. The number of fused-ring (bicyclic) bond motifs is 1. The highest BCUT2D eigenvalue weighted by Gasteiger charge is 2.28. The van der Waals surface area contributed by atoms with Gasteiger partial charge in [-0.25, -0.2) is 9.37 Å². The summed E-state index contributed by atoms with van der Waals surface area (Å²) in [4.78, 5) is 19.5. The second kappa shape index (κ2) is 7.37. The number of anilines is 1. The molecule has 1 unspecified atom stereocenters. The van der Waals surface area contributed by atoms with Crippen LogP contribution in [0.1, 0.15) is 34.3 Å². The van der Waals surface area contributed by atoms with Crippen molar-refractivity contribution in [2.24, 2.45) is 0 Å². The molecule has 0 saturated carbocycles. The van der Waals surface area contributed by atoms with E-state index in [-0.39, 0.29) is 17.6 Å². The molecule has 1 amide bonds. The highest BCUT2D eigenvalue weighted by atomic mass is 32.1.